The third-order valence-electron chi connectivity index (χ3n) is 2.38. The lowest BCUT2D eigenvalue weighted by Crippen LogP contribution is -2.14. The lowest BCUT2D eigenvalue weighted by atomic mass is 10.2. The number of nitrogens with one attached hydrogen (secondary N) is 1. The van der Waals surface area contributed by atoms with E-state index < -0.39 is 10.0 Å². The van der Waals surface area contributed by atoms with E-state index in [1.54, 1.807) is 18.2 Å². The van der Waals surface area contributed by atoms with Gasteiger partial charge in [0, 0.05) is 6.20 Å². The molecule has 4 nitrogen and oxygen atoms in total. The molecule has 0 aliphatic rings. The highest BCUT2D eigenvalue weighted by Gasteiger charge is 2.19. The van der Waals surface area contributed by atoms with E-state index in [-0.39, 0.29) is 10.0 Å². The quantitative estimate of drug-likeness (QED) is 0.882. The van der Waals surface area contributed by atoms with Crippen LogP contribution in [0.2, 0.25) is 10.2 Å². The summed E-state index contributed by atoms with van der Waals surface area (Å²) in [5.41, 5.74) is 1.24. The summed E-state index contributed by atoms with van der Waals surface area (Å²) in [6, 6.07) is 7.90. The van der Waals surface area contributed by atoms with Gasteiger partial charge in [0.15, 0.2) is 0 Å². The molecule has 0 spiro atoms. The fraction of sp³-hybridized carbons (Fsp3) is 0.0833. The average molecular weight is 317 g/mol. The van der Waals surface area contributed by atoms with Crippen LogP contribution in [0.15, 0.2) is 41.4 Å². The topological polar surface area (TPSA) is 59.1 Å². The van der Waals surface area contributed by atoms with Crippen molar-refractivity contribution >= 4 is 38.9 Å². The van der Waals surface area contributed by atoms with Gasteiger partial charge in [0.05, 0.1) is 10.7 Å². The van der Waals surface area contributed by atoms with Gasteiger partial charge in [-0.05, 0) is 36.8 Å². The first-order valence-electron chi connectivity index (χ1n) is 5.29. The van der Waals surface area contributed by atoms with E-state index in [1.807, 2.05) is 6.92 Å². The Morgan fingerprint density at radius 2 is 1.95 bits per heavy atom. The number of pyridine rings is 1. The highest BCUT2D eigenvalue weighted by atomic mass is 35.5. The van der Waals surface area contributed by atoms with Crippen LogP contribution in [0.1, 0.15) is 5.56 Å². The zero-order chi connectivity index (χ0) is 14.0. The number of hydrogen-bond donors (Lipinski definition) is 1. The second-order valence-corrected chi connectivity index (χ2v) is 6.30. The van der Waals surface area contributed by atoms with E-state index in [0.717, 1.165) is 5.56 Å². The molecule has 1 aromatic heterocycles. The molecule has 0 saturated carbocycles. The van der Waals surface area contributed by atoms with E-state index in [2.05, 4.69) is 9.71 Å². The first kappa shape index (κ1) is 14.1. The van der Waals surface area contributed by atoms with Crippen LogP contribution < -0.4 is 4.72 Å². The van der Waals surface area contributed by atoms with Gasteiger partial charge < -0.3 is 0 Å². The van der Waals surface area contributed by atoms with Gasteiger partial charge in [0.25, 0.3) is 10.0 Å². The van der Waals surface area contributed by atoms with Crippen molar-refractivity contribution in [2.75, 3.05) is 4.72 Å². The maximum atomic E-state index is 12.2. The number of nitrogens with zero attached hydrogens (tertiary/aromatic N) is 1. The Hall–Kier alpha value is -1.30. The molecule has 2 aromatic rings. The minimum atomic E-state index is -3.81. The van der Waals surface area contributed by atoms with Crippen molar-refractivity contribution in [3.05, 3.63) is 52.3 Å². The predicted molar refractivity (Wildman–Crippen MR) is 76.2 cm³/mol. The Bertz CT molecular complexity index is 717. The van der Waals surface area contributed by atoms with Crippen LogP contribution in [0.25, 0.3) is 0 Å². The molecule has 19 heavy (non-hydrogen) atoms. The van der Waals surface area contributed by atoms with Gasteiger partial charge in [0.2, 0.25) is 0 Å². The van der Waals surface area contributed by atoms with Crippen LogP contribution in [0, 0.1) is 6.92 Å². The van der Waals surface area contributed by atoms with Crippen LogP contribution in [0.3, 0.4) is 0 Å². The molecule has 0 aliphatic carbocycles. The Kier molecular flexibility index (Phi) is 3.99. The molecule has 0 bridgehead atoms. The Balaban J connectivity index is 2.40. The zero-order valence-electron chi connectivity index (χ0n) is 9.89. The molecule has 0 amide bonds. The first-order valence-corrected chi connectivity index (χ1v) is 7.53. The third kappa shape index (κ3) is 3.18. The molecule has 1 N–H and O–H groups in total. The van der Waals surface area contributed by atoms with Crippen LogP contribution in [-0.2, 0) is 10.0 Å². The summed E-state index contributed by atoms with van der Waals surface area (Å²) in [5.74, 6) is 0. The number of sulfonamides is 1. The highest BCUT2D eigenvalue weighted by Crippen LogP contribution is 2.27. The van der Waals surface area contributed by atoms with Gasteiger partial charge >= 0.3 is 0 Å². The van der Waals surface area contributed by atoms with Crippen LogP contribution in [-0.4, -0.2) is 13.4 Å². The summed E-state index contributed by atoms with van der Waals surface area (Å²) >= 11 is 11.8. The van der Waals surface area contributed by atoms with E-state index in [9.17, 15) is 8.42 Å². The summed E-state index contributed by atoms with van der Waals surface area (Å²) < 4.78 is 26.7. The molecule has 7 heteroatoms. The maximum Gasteiger partial charge on any atom is 0.265 e. The Morgan fingerprint density at radius 1 is 1.21 bits per heavy atom. The van der Waals surface area contributed by atoms with Gasteiger partial charge in [-0.15, -0.1) is 0 Å². The van der Waals surface area contributed by atoms with Crippen molar-refractivity contribution in [3.8, 4) is 0 Å². The minimum absolute atomic E-state index is 0.0850. The summed E-state index contributed by atoms with van der Waals surface area (Å²) in [7, 11) is -3.81. The number of aromatic nitrogens is 1. The monoisotopic (exact) mass is 316 g/mol. The van der Waals surface area contributed by atoms with Crippen molar-refractivity contribution < 1.29 is 8.42 Å². The number of benzene rings is 1. The Morgan fingerprint density at radius 3 is 2.58 bits per heavy atom. The largest absolute Gasteiger partial charge is 0.278 e. The van der Waals surface area contributed by atoms with E-state index in [1.165, 1.54) is 18.3 Å². The lowest BCUT2D eigenvalue weighted by Gasteiger charge is -2.10. The second kappa shape index (κ2) is 5.36. The molecule has 0 radical (unpaired) electrons. The predicted octanol–water partition coefficient (Wildman–Crippen LogP) is 3.50. The number of rotatable bonds is 3. The van der Waals surface area contributed by atoms with Crippen molar-refractivity contribution in [2.24, 2.45) is 0 Å². The van der Waals surface area contributed by atoms with Gasteiger partial charge in [-0.3, -0.25) is 4.72 Å². The van der Waals surface area contributed by atoms with E-state index in [0.29, 0.717) is 10.7 Å². The standard InChI is InChI=1S/C12H10Cl2N2O2S/c1-8-4-5-10(9(13)7-8)16-19(17,18)11-3-2-6-15-12(11)14/h2-7,16H,1H3. The number of aryl methyl sites for hydroxylation is 1. The molecule has 1 heterocycles. The van der Waals surface area contributed by atoms with Gasteiger partial charge in [-0.25, -0.2) is 13.4 Å². The van der Waals surface area contributed by atoms with Gasteiger partial charge in [-0.2, -0.15) is 0 Å². The normalized spacial score (nSPS) is 11.3. The van der Waals surface area contributed by atoms with Gasteiger partial charge in [0.1, 0.15) is 10.0 Å². The first-order chi connectivity index (χ1) is 8.90. The lowest BCUT2D eigenvalue weighted by molar-refractivity contribution is 0.601. The number of anilines is 1. The average Bonchev–Trinajstić information content (AvgIpc) is 2.33. The summed E-state index contributed by atoms with van der Waals surface area (Å²) in [6.45, 7) is 1.86. The van der Waals surface area contributed by atoms with Crippen LogP contribution in [0.5, 0.6) is 0 Å². The molecule has 2 rings (SSSR count). The zero-order valence-corrected chi connectivity index (χ0v) is 12.2. The molecular formula is C12H10Cl2N2O2S. The SMILES string of the molecule is Cc1ccc(NS(=O)(=O)c2cccnc2Cl)c(Cl)c1. The smallest absolute Gasteiger partial charge is 0.265 e. The maximum absolute atomic E-state index is 12.2. The molecule has 0 unspecified atom stereocenters. The fourth-order valence-electron chi connectivity index (χ4n) is 1.47. The summed E-state index contributed by atoms with van der Waals surface area (Å²) in [6.07, 6.45) is 1.42. The van der Waals surface area contributed by atoms with Crippen molar-refractivity contribution in [3.63, 3.8) is 0 Å². The van der Waals surface area contributed by atoms with Gasteiger partial charge in [-0.1, -0.05) is 29.3 Å². The van der Waals surface area contributed by atoms with E-state index in [4.69, 9.17) is 23.2 Å². The molecule has 0 fully saturated rings. The number of halogens is 2. The summed E-state index contributed by atoms with van der Waals surface area (Å²) in [4.78, 5) is 3.65. The second-order valence-electron chi connectivity index (χ2n) is 3.88. The molecule has 100 valence electrons. The van der Waals surface area contributed by atoms with Crippen molar-refractivity contribution in [1.29, 1.82) is 0 Å². The Labute approximate surface area is 121 Å². The molecule has 1 aromatic carbocycles. The van der Waals surface area contributed by atoms with E-state index >= 15 is 0 Å². The van der Waals surface area contributed by atoms with Crippen molar-refractivity contribution in [1.82, 2.24) is 4.98 Å². The van der Waals surface area contributed by atoms with Crippen LogP contribution in [0.4, 0.5) is 5.69 Å². The highest BCUT2D eigenvalue weighted by molar-refractivity contribution is 7.92. The minimum Gasteiger partial charge on any atom is -0.278 e. The van der Waals surface area contributed by atoms with Crippen LogP contribution >= 0.6 is 23.2 Å². The molecular weight excluding hydrogens is 307 g/mol. The molecule has 0 aliphatic heterocycles. The summed E-state index contributed by atoms with van der Waals surface area (Å²) in [5, 5.41) is 0.238. The molecule has 0 saturated heterocycles. The number of hydrogen-bond acceptors (Lipinski definition) is 3. The fourth-order valence-corrected chi connectivity index (χ4v) is 3.35. The molecule has 0 atom stereocenters. The third-order valence-corrected chi connectivity index (χ3v) is 4.51. The van der Waals surface area contributed by atoms with Crippen molar-refractivity contribution in [2.45, 2.75) is 11.8 Å².